The van der Waals surface area contributed by atoms with Gasteiger partial charge in [-0.15, -0.1) is 0 Å². The van der Waals surface area contributed by atoms with Crippen LogP contribution in [0.4, 0.5) is 4.79 Å². The lowest BCUT2D eigenvalue weighted by Gasteiger charge is -2.36. The van der Waals surface area contributed by atoms with Crippen molar-refractivity contribution < 1.29 is 14.0 Å². The molecule has 1 aromatic rings. The first-order valence-electron chi connectivity index (χ1n) is 8.97. The second-order valence-electron chi connectivity index (χ2n) is 7.21. The van der Waals surface area contributed by atoms with Crippen molar-refractivity contribution in [3.63, 3.8) is 0 Å². The molecule has 0 unspecified atom stereocenters. The van der Waals surface area contributed by atoms with E-state index in [0.29, 0.717) is 32.2 Å². The zero-order valence-corrected chi connectivity index (χ0v) is 15.4. The maximum Gasteiger partial charge on any atom is 0.319 e. The number of urea groups is 1. The average molecular weight is 348 g/mol. The summed E-state index contributed by atoms with van der Waals surface area (Å²) in [5, 5.41) is 0. The molecule has 1 saturated carbocycles. The highest BCUT2D eigenvalue weighted by Crippen LogP contribution is 2.29. The molecule has 3 amide bonds. The van der Waals surface area contributed by atoms with Crippen molar-refractivity contribution in [3.05, 3.63) is 23.7 Å². The van der Waals surface area contributed by atoms with Gasteiger partial charge >= 0.3 is 6.03 Å². The van der Waals surface area contributed by atoms with Crippen molar-refractivity contribution in [1.82, 2.24) is 19.6 Å². The van der Waals surface area contributed by atoms with E-state index in [2.05, 4.69) is 4.90 Å². The lowest BCUT2D eigenvalue weighted by molar-refractivity contribution is -0.134. The lowest BCUT2D eigenvalue weighted by atomic mass is 10.3. The molecule has 1 aliphatic carbocycles. The van der Waals surface area contributed by atoms with Crippen LogP contribution < -0.4 is 0 Å². The van der Waals surface area contributed by atoms with Crippen molar-refractivity contribution in [2.45, 2.75) is 32.4 Å². The summed E-state index contributed by atoms with van der Waals surface area (Å²) in [6.45, 7) is 5.71. The maximum atomic E-state index is 12.8. The molecule has 2 fully saturated rings. The predicted octanol–water partition coefficient (Wildman–Crippen LogP) is 1.38. The number of hydrogen-bond donors (Lipinski definition) is 0. The largest absolute Gasteiger partial charge is 0.464 e. The van der Waals surface area contributed by atoms with Gasteiger partial charge in [0.2, 0.25) is 5.91 Å². The smallest absolute Gasteiger partial charge is 0.319 e. The van der Waals surface area contributed by atoms with Crippen LogP contribution in [0, 0.1) is 6.92 Å². The third-order valence-electron chi connectivity index (χ3n) is 4.81. The van der Waals surface area contributed by atoms with Crippen LogP contribution in [0.5, 0.6) is 0 Å². The molecule has 2 heterocycles. The zero-order chi connectivity index (χ0) is 18.0. The number of nitrogens with zero attached hydrogens (tertiary/aromatic N) is 4. The molecule has 0 spiro atoms. The molecule has 1 aliphatic heterocycles. The number of carbonyl (C=O) groups excluding carboxylic acids is 2. The van der Waals surface area contributed by atoms with E-state index in [1.807, 2.05) is 28.9 Å². The second kappa shape index (κ2) is 7.47. The summed E-state index contributed by atoms with van der Waals surface area (Å²) in [7, 11) is 3.53. The molecule has 0 atom stereocenters. The standard InChI is InChI=1S/C18H28N4O3/c1-14-4-7-16(25-14)12-22(15-5-6-15)17(23)13-20-8-10-21(11-9-20)18(24)19(2)3/h4,7,15H,5-6,8-13H2,1-3H3. The first-order valence-corrected chi connectivity index (χ1v) is 8.97. The number of carbonyl (C=O) groups is 2. The van der Waals surface area contributed by atoms with E-state index < -0.39 is 0 Å². The van der Waals surface area contributed by atoms with Gasteiger partial charge in [0.05, 0.1) is 13.1 Å². The fraction of sp³-hybridized carbons (Fsp3) is 0.667. The van der Waals surface area contributed by atoms with Crippen LogP contribution >= 0.6 is 0 Å². The normalized spacial score (nSPS) is 18.3. The average Bonchev–Trinajstić information content (AvgIpc) is 3.34. The molecule has 0 radical (unpaired) electrons. The van der Waals surface area contributed by atoms with Crippen LogP contribution in [0.1, 0.15) is 24.4 Å². The summed E-state index contributed by atoms with van der Waals surface area (Å²) in [5.41, 5.74) is 0. The summed E-state index contributed by atoms with van der Waals surface area (Å²) in [4.78, 5) is 32.3. The molecule has 7 heteroatoms. The van der Waals surface area contributed by atoms with Gasteiger partial charge in [-0.2, -0.15) is 0 Å². The highest BCUT2D eigenvalue weighted by molar-refractivity contribution is 5.79. The Morgan fingerprint density at radius 1 is 1.16 bits per heavy atom. The van der Waals surface area contributed by atoms with Crippen LogP contribution in [0.25, 0.3) is 0 Å². The molecule has 0 N–H and O–H groups in total. The van der Waals surface area contributed by atoms with Gasteiger partial charge in [0.15, 0.2) is 0 Å². The van der Waals surface area contributed by atoms with E-state index in [4.69, 9.17) is 4.42 Å². The number of rotatable bonds is 5. The number of piperazine rings is 1. The third-order valence-corrected chi connectivity index (χ3v) is 4.81. The Labute approximate surface area is 149 Å². The summed E-state index contributed by atoms with van der Waals surface area (Å²) < 4.78 is 5.64. The van der Waals surface area contributed by atoms with E-state index in [-0.39, 0.29) is 11.9 Å². The van der Waals surface area contributed by atoms with Crippen LogP contribution in [-0.2, 0) is 11.3 Å². The topological polar surface area (TPSA) is 60.2 Å². The Morgan fingerprint density at radius 2 is 1.84 bits per heavy atom. The van der Waals surface area contributed by atoms with E-state index in [0.717, 1.165) is 37.5 Å². The Bertz CT molecular complexity index is 616. The van der Waals surface area contributed by atoms with Gasteiger partial charge in [-0.05, 0) is 31.9 Å². The molecule has 3 rings (SSSR count). The van der Waals surface area contributed by atoms with Gasteiger partial charge in [-0.3, -0.25) is 9.69 Å². The van der Waals surface area contributed by atoms with Crippen molar-refractivity contribution in [3.8, 4) is 0 Å². The lowest BCUT2D eigenvalue weighted by Crippen LogP contribution is -2.53. The Balaban J connectivity index is 1.51. The Morgan fingerprint density at radius 3 is 2.36 bits per heavy atom. The van der Waals surface area contributed by atoms with Gasteiger partial charge in [0.1, 0.15) is 11.5 Å². The third kappa shape index (κ3) is 4.54. The monoisotopic (exact) mass is 348 g/mol. The number of amides is 3. The fourth-order valence-corrected chi connectivity index (χ4v) is 3.21. The van der Waals surface area contributed by atoms with Gasteiger partial charge in [-0.25, -0.2) is 4.79 Å². The SMILES string of the molecule is Cc1ccc(CN(C(=O)CN2CCN(C(=O)N(C)C)CC2)C2CC2)o1. The van der Waals surface area contributed by atoms with Crippen molar-refractivity contribution in [2.24, 2.45) is 0 Å². The predicted molar refractivity (Wildman–Crippen MR) is 94.1 cm³/mol. The Kier molecular flexibility index (Phi) is 5.32. The van der Waals surface area contributed by atoms with E-state index in [1.54, 1.807) is 19.0 Å². The number of furan rings is 1. The highest BCUT2D eigenvalue weighted by Gasteiger charge is 2.34. The van der Waals surface area contributed by atoms with Crippen molar-refractivity contribution in [1.29, 1.82) is 0 Å². The summed E-state index contributed by atoms with van der Waals surface area (Å²) >= 11 is 0. The minimum absolute atomic E-state index is 0.0405. The summed E-state index contributed by atoms with van der Waals surface area (Å²) in [6, 6.07) is 4.28. The molecule has 138 valence electrons. The van der Waals surface area contributed by atoms with Crippen molar-refractivity contribution in [2.75, 3.05) is 46.8 Å². The van der Waals surface area contributed by atoms with Crippen LogP contribution in [0.3, 0.4) is 0 Å². The minimum atomic E-state index is 0.0405. The van der Waals surface area contributed by atoms with Gasteiger partial charge < -0.3 is 19.1 Å². The van der Waals surface area contributed by atoms with Crippen molar-refractivity contribution >= 4 is 11.9 Å². The summed E-state index contributed by atoms with van der Waals surface area (Å²) in [6.07, 6.45) is 2.16. The van der Waals surface area contributed by atoms with E-state index in [9.17, 15) is 9.59 Å². The van der Waals surface area contributed by atoms with Crippen LogP contribution in [0.2, 0.25) is 0 Å². The number of aryl methyl sites for hydroxylation is 1. The quantitative estimate of drug-likeness (QED) is 0.807. The molecular weight excluding hydrogens is 320 g/mol. The molecular formula is C18H28N4O3. The maximum absolute atomic E-state index is 12.8. The van der Waals surface area contributed by atoms with E-state index >= 15 is 0 Å². The minimum Gasteiger partial charge on any atom is -0.464 e. The molecule has 0 aromatic carbocycles. The number of hydrogen-bond acceptors (Lipinski definition) is 4. The van der Waals surface area contributed by atoms with Gasteiger partial charge in [-0.1, -0.05) is 0 Å². The fourth-order valence-electron chi connectivity index (χ4n) is 3.21. The van der Waals surface area contributed by atoms with Crippen LogP contribution in [0.15, 0.2) is 16.5 Å². The Hall–Kier alpha value is -2.02. The summed E-state index contributed by atoms with van der Waals surface area (Å²) in [5.74, 6) is 1.88. The van der Waals surface area contributed by atoms with Gasteiger partial charge in [0, 0.05) is 46.3 Å². The van der Waals surface area contributed by atoms with E-state index in [1.165, 1.54) is 0 Å². The zero-order valence-electron chi connectivity index (χ0n) is 15.4. The first kappa shape index (κ1) is 17.8. The van der Waals surface area contributed by atoms with Crippen LogP contribution in [-0.4, -0.2) is 84.4 Å². The van der Waals surface area contributed by atoms with Gasteiger partial charge in [0.25, 0.3) is 0 Å². The molecule has 1 aromatic heterocycles. The molecule has 7 nitrogen and oxygen atoms in total. The second-order valence-corrected chi connectivity index (χ2v) is 7.21. The molecule has 2 aliphatic rings. The molecule has 25 heavy (non-hydrogen) atoms. The molecule has 0 bridgehead atoms. The molecule has 1 saturated heterocycles. The first-order chi connectivity index (χ1) is 11.9. The highest BCUT2D eigenvalue weighted by atomic mass is 16.3.